The predicted octanol–water partition coefficient (Wildman–Crippen LogP) is -0.922. The van der Waals surface area contributed by atoms with Gasteiger partial charge < -0.3 is 14.8 Å². The van der Waals surface area contributed by atoms with Crippen LogP contribution in [0.3, 0.4) is 0 Å². The molecule has 0 atom stereocenters. The highest BCUT2D eigenvalue weighted by molar-refractivity contribution is 6.58. The lowest BCUT2D eigenvalue weighted by molar-refractivity contribution is 0.398. The topological polar surface area (TPSA) is 62.6 Å². The SMILES string of the molecule is COc1c(C)ccnc1B(O)O. The van der Waals surface area contributed by atoms with Crippen LogP contribution in [0.4, 0.5) is 0 Å². The second kappa shape index (κ2) is 3.56. The standard InChI is InChI=1S/C7H10BNO3/c1-5-3-4-9-7(8(10)11)6(5)12-2/h3-4,10-11H,1-2H3. The fourth-order valence-corrected chi connectivity index (χ4v) is 1.02. The Labute approximate surface area is 71.0 Å². The van der Waals surface area contributed by atoms with Crippen molar-refractivity contribution in [2.24, 2.45) is 0 Å². The molecule has 0 aliphatic carbocycles. The number of rotatable bonds is 2. The lowest BCUT2D eigenvalue weighted by atomic mass is 9.84. The number of ether oxygens (including phenoxy) is 1. The van der Waals surface area contributed by atoms with E-state index in [2.05, 4.69) is 4.98 Å². The van der Waals surface area contributed by atoms with E-state index in [4.69, 9.17) is 14.8 Å². The van der Waals surface area contributed by atoms with Crippen molar-refractivity contribution in [3.8, 4) is 5.75 Å². The molecule has 0 spiro atoms. The summed E-state index contributed by atoms with van der Waals surface area (Å²) in [5.74, 6) is 0.424. The van der Waals surface area contributed by atoms with Gasteiger partial charge >= 0.3 is 7.12 Å². The molecule has 2 N–H and O–H groups in total. The zero-order valence-corrected chi connectivity index (χ0v) is 6.98. The fraction of sp³-hybridized carbons (Fsp3) is 0.286. The average molecular weight is 167 g/mol. The molecule has 0 saturated carbocycles. The lowest BCUT2D eigenvalue weighted by Crippen LogP contribution is -2.34. The van der Waals surface area contributed by atoms with Crippen LogP contribution in [-0.4, -0.2) is 29.3 Å². The van der Waals surface area contributed by atoms with E-state index in [0.717, 1.165) is 5.56 Å². The molecule has 64 valence electrons. The van der Waals surface area contributed by atoms with E-state index in [1.165, 1.54) is 13.3 Å². The highest BCUT2D eigenvalue weighted by Crippen LogP contribution is 2.11. The van der Waals surface area contributed by atoms with Gasteiger partial charge in [-0.05, 0) is 18.6 Å². The van der Waals surface area contributed by atoms with Crippen molar-refractivity contribution in [2.45, 2.75) is 6.92 Å². The van der Waals surface area contributed by atoms with Gasteiger partial charge in [-0.15, -0.1) is 0 Å². The Morgan fingerprint density at radius 3 is 2.58 bits per heavy atom. The zero-order chi connectivity index (χ0) is 9.14. The first-order valence-electron chi connectivity index (χ1n) is 3.52. The summed E-state index contributed by atoms with van der Waals surface area (Å²) in [7, 11) is -0.115. The zero-order valence-electron chi connectivity index (χ0n) is 6.98. The maximum atomic E-state index is 8.87. The van der Waals surface area contributed by atoms with Gasteiger partial charge in [-0.2, -0.15) is 0 Å². The van der Waals surface area contributed by atoms with Crippen LogP contribution in [0.25, 0.3) is 0 Å². The molecule has 1 aromatic heterocycles. The molecule has 12 heavy (non-hydrogen) atoms. The Morgan fingerprint density at radius 1 is 1.50 bits per heavy atom. The summed E-state index contributed by atoms with van der Waals surface area (Å²) in [5, 5.41) is 17.7. The summed E-state index contributed by atoms with van der Waals surface area (Å²) < 4.78 is 4.95. The Bertz CT molecular complexity index is 277. The quantitative estimate of drug-likeness (QED) is 0.559. The number of nitrogens with zero attached hydrogens (tertiary/aromatic N) is 1. The van der Waals surface area contributed by atoms with Crippen LogP contribution in [0.2, 0.25) is 0 Å². The minimum atomic E-state index is -1.58. The summed E-state index contributed by atoms with van der Waals surface area (Å²) in [6.07, 6.45) is 1.51. The number of aromatic nitrogens is 1. The molecule has 1 rings (SSSR count). The van der Waals surface area contributed by atoms with Crippen molar-refractivity contribution >= 4 is 12.7 Å². The molecule has 0 radical (unpaired) electrons. The van der Waals surface area contributed by atoms with E-state index in [1.54, 1.807) is 6.07 Å². The van der Waals surface area contributed by atoms with Crippen LogP contribution in [0.15, 0.2) is 12.3 Å². The van der Waals surface area contributed by atoms with Gasteiger partial charge in [0, 0.05) is 6.20 Å². The van der Waals surface area contributed by atoms with Crippen LogP contribution in [0, 0.1) is 6.92 Å². The van der Waals surface area contributed by atoms with Gasteiger partial charge in [0.1, 0.15) is 11.3 Å². The number of pyridine rings is 1. The maximum absolute atomic E-state index is 8.87. The van der Waals surface area contributed by atoms with E-state index in [9.17, 15) is 0 Å². The lowest BCUT2D eigenvalue weighted by Gasteiger charge is -2.08. The third-order valence-corrected chi connectivity index (χ3v) is 1.58. The van der Waals surface area contributed by atoms with E-state index in [1.807, 2.05) is 6.92 Å². The largest absolute Gasteiger partial charge is 0.512 e. The molecule has 5 heteroatoms. The molecule has 0 unspecified atom stereocenters. The smallest absolute Gasteiger partial charge is 0.495 e. The minimum absolute atomic E-state index is 0.150. The molecule has 0 fully saturated rings. The molecule has 1 heterocycles. The average Bonchev–Trinajstić information content (AvgIpc) is 2.03. The third kappa shape index (κ3) is 1.57. The van der Waals surface area contributed by atoms with Gasteiger partial charge in [-0.3, -0.25) is 4.98 Å². The second-order valence-corrected chi connectivity index (χ2v) is 2.42. The molecular formula is C7H10BNO3. The van der Waals surface area contributed by atoms with Gasteiger partial charge in [0.15, 0.2) is 0 Å². The van der Waals surface area contributed by atoms with Crippen molar-refractivity contribution in [3.63, 3.8) is 0 Å². The minimum Gasteiger partial charge on any atom is -0.495 e. The predicted molar refractivity (Wildman–Crippen MR) is 45.4 cm³/mol. The van der Waals surface area contributed by atoms with Crippen molar-refractivity contribution in [3.05, 3.63) is 17.8 Å². The Balaban J connectivity index is 3.18. The number of hydrogen-bond acceptors (Lipinski definition) is 4. The van der Waals surface area contributed by atoms with E-state index in [-0.39, 0.29) is 5.59 Å². The summed E-state index contributed by atoms with van der Waals surface area (Å²) in [5.41, 5.74) is 0.980. The highest BCUT2D eigenvalue weighted by atomic mass is 16.5. The first-order chi connectivity index (χ1) is 5.66. The molecule has 0 amide bonds. The monoisotopic (exact) mass is 167 g/mol. The summed E-state index contributed by atoms with van der Waals surface area (Å²) >= 11 is 0. The molecular weight excluding hydrogens is 157 g/mol. The van der Waals surface area contributed by atoms with Gasteiger partial charge in [0.25, 0.3) is 0 Å². The maximum Gasteiger partial charge on any atom is 0.512 e. The van der Waals surface area contributed by atoms with E-state index >= 15 is 0 Å². The summed E-state index contributed by atoms with van der Waals surface area (Å²) in [4.78, 5) is 3.78. The van der Waals surface area contributed by atoms with Crippen molar-refractivity contribution in [2.75, 3.05) is 7.11 Å². The fourth-order valence-electron chi connectivity index (χ4n) is 1.02. The third-order valence-electron chi connectivity index (χ3n) is 1.58. The molecule has 0 bridgehead atoms. The van der Waals surface area contributed by atoms with E-state index < -0.39 is 7.12 Å². The van der Waals surface area contributed by atoms with Crippen molar-refractivity contribution < 1.29 is 14.8 Å². The number of hydrogen-bond donors (Lipinski definition) is 2. The van der Waals surface area contributed by atoms with Gasteiger partial charge in [-0.25, -0.2) is 0 Å². The van der Waals surface area contributed by atoms with E-state index in [0.29, 0.717) is 5.75 Å². The van der Waals surface area contributed by atoms with Crippen LogP contribution < -0.4 is 10.3 Å². The van der Waals surface area contributed by atoms with Gasteiger partial charge in [-0.1, -0.05) is 0 Å². The van der Waals surface area contributed by atoms with Crippen LogP contribution in [-0.2, 0) is 0 Å². The molecule has 0 saturated heterocycles. The molecule has 4 nitrogen and oxygen atoms in total. The second-order valence-electron chi connectivity index (χ2n) is 2.42. The highest BCUT2D eigenvalue weighted by Gasteiger charge is 2.19. The summed E-state index contributed by atoms with van der Waals surface area (Å²) in [6, 6.07) is 1.74. The number of aryl methyl sites for hydroxylation is 1. The Hall–Kier alpha value is -1.07. The van der Waals surface area contributed by atoms with Crippen LogP contribution in [0.1, 0.15) is 5.56 Å². The van der Waals surface area contributed by atoms with Gasteiger partial charge in [0.05, 0.1) is 7.11 Å². The Morgan fingerprint density at radius 2 is 2.17 bits per heavy atom. The Kier molecular flexibility index (Phi) is 2.67. The van der Waals surface area contributed by atoms with Crippen molar-refractivity contribution in [1.29, 1.82) is 0 Å². The summed E-state index contributed by atoms with van der Waals surface area (Å²) in [6.45, 7) is 1.81. The van der Waals surface area contributed by atoms with Gasteiger partial charge in [0.2, 0.25) is 0 Å². The van der Waals surface area contributed by atoms with Crippen LogP contribution >= 0.6 is 0 Å². The molecule has 0 aromatic carbocycles. The normalized spacial score (nSPS) is 9.67. The molecule has 0 aliphatic rings. The van der Waals surface area contributed by atoms with Crippen LogP contribution in [0.5, 0.6) is 5.75 Å². The first-order valence-corrected chi connectivity index (χ1v) is 3.52. The molecule has 1 aromatic rings. The number of methoxy groups -OCH3 is 1. The molecule has 0 aliphatic heterocycles. The van der Waals surface area contributed by atoms with Crippen molar-refractivity contribution in [1.82, 2.24) is 4.98 Å². The first kappa shape index (κ1) is 9.03.